The van der Waals surface area contributed by atoms with Crippen molar-refractivity contribution in [1.29, 1.82) is 0 Å². The highest BCUT2D eigenvalue weighted by atomic mass is 16.5. The van der Waals surface area contributed by atoms with Crippen molar-refractivity contribution in [2.75, 3.05) is 19.6 Å². The number of nitrogens with zero attached hydrogens (tertiary/aromatic N) is 2. The third-order valence-corrected chi connectivity index (χ3v) is 6.83. The number of ether oxygens (including phenoxy) is 1. The first kappa shape index (κ1) is 17.0. The molecular weight excluding hydrogens is 340 g/mol. The SMILES string of the molecule is Cc1ccc(CN2C[C@]34C=C[C@H](O3)[C@@H](C(=O)N3CCCC3)[C@H]4C2=O)cc1C. The van der Waals surface area contributed by atoms with E-state index >= 15 is 0 Å². The van der Waals surface area contributed by atoms with E-state index in [1.54, 1.807) is 0 Å². The van der Waals surface area contributed by atoms with Crippen LogP contribution in [0.2, 0.25) is 0 Å². The van der Waals surface area contributed by atoms with E-state index in [1.165, 1.54) is 11.1 Å². The number of hydrogen-bond acceptors (Lipinski definition) is 3. The smallest absolute Gasteiger partial charge is 0.230 e. The van der Waals surface area contributed by atoms with Crippen LogP contribution in [0, 0.1) is 25.7 Å². The van der Waals surface area contributed by atoms with Crippen molar-refractivity contribution < 1.29 is 14.3 Å². The lowest BCUT2D eigenvalue weighted by atomic mass is 9.76. The fourth-order valence-corrected chi connectivity index (χ4v) is 5.26. The fraction of sp³-hybridized carbons (Fsp3) is 0.545. The second kappa shape index (κ2) is 5.93. The standard InChI is InChI=1S/C22H26N2O3/c1-14-5-6-16(11-15(14)2)12-24-13-22-8-7-17(27-22)18(19(22)21(24)26)20(25)23-9-3-4-10-23/h5-8,11,17-19H,3-4,9-10,12-13H2,1-2H3/t17-,18+,19-,22-/m0/s1. The summed E-state index contributed by atoms with van der Waals surface area (Å²) in [6.45, 7) is 6.93. The first-order valence-corrected chi connectivity index (χ1v) is 9.99. The molecule has 4 aliphatic heterocycles. The molecule has 27 heavy (non-hydrogen) atoms. The number of hydrogen-bond donors (Lipinski definition) is 0. The van der Waals surface area contributed by atoms with Crippen LogP contribution in [0.3, 0.4) is 0 Å². The second-order valence-corrected chi connectivity index (χ2v) is 8.55. The molecule has 1 aromatic carbocycles. The zero-order valence-electron chi connectivity index (χ0n) is 16.0. The summed E-state index contributed by atoms with van der Waals surface area (Å²) in [5.41, 5.74) is 3.00. The number of benzene rings is 1. The molecule has 0 N–H and O–H groups in total. The highest BCUT2D eigenvalue weighted by Gasteiger charge is 2.67. The van der Waals surface area contributed by atoms with Gasteiger partial charge in [-0.25, -0.2) is 0 Å². The fourth-order valence-electron chi connectivity index (χ4n) is 5.26. The van der Waals surface area contributed by atoms with E-state index in [2.05, 4.69) is 32.0 Å². The molecule has 2 bridgehead atoms. The van der Waals surface area contributed by atoms with Crippen molar-refractivity contribution in [2.24, 2.45) is 11.8 Å². The van der Waals surface area contributed by atoms with Gasteiger partial charge in [0.15, 0.2) is 0 Å². The topological polar surface area (TPSA) is 49.9 Å². The van der Waals surface area contributed by atoms with Crippen LogP contribution in [0.15, 0.2) is 30.4 Å². The molecule has 0 aliphatic carbocycles. The molecule has 5 rings (SSSR count). The second-order valence-electron chi connectivity index (χ2n) is 8.55. The Hall–Kier alpha value is -2.14. The Morgan fingerprint density at radius 2 is 2.00 bits per heavy atom. The summed E-state index contributed by atoms with van der Waals surface area (Å²) in [5.74, 6) is -0.551. The van der Waals surface area contributed by atoms with Crippen molar-refractivity contribution in [3.63, 3.8) is 0 Å². The van der Waals surface area contributed by atoms with Gasteiger partial charge in [0.05, 0.1) is 24.5 Å². The molecule has 0 radical (unpaired) electrons. The van der Waals surface area contributed by atoms with E-state index in [1.807, 2.05) is 22.0 Å². The van der Waals surface area contributed by atoms with Gasteiger partial charge in [0, 0.05) is 19.6 Å². The van der Waals surface area contributed by atoms with Crippen molar-refractivity contribution >= 4 is 11.8 Å². The average molecular weight is 366 g/mol. The zero-order valence-corrected chi connectivity index (χ0v) is 16.0. The molecule has 5 heteroatoms. The number of amides is 2. The van der Waals surface area contributed by atoms with Crippen LogP contribution in [0.4, 0.5) is 0 Å². The van der Waals surface area contributed by atoms with Crippen LogP contribution in [0.1, 0.15) is 29.5 Å². The summed E-state index contributed by atoms with van der Waals surface area (Å²) in [7, 11) is 0. The summed E-state index contributed by atoms with van der Waals surface area (Å²) >= 11 is 0. The number of carbonyl (C=O) groups excluding carboxylic acids is 2. The molecule has 3 saturated heterocycles. The van der Waals surface area contributed by atoms with Gasteiger partial charge in [0.2, 0.25) is 11.8 Å². The molecule has 0 unspecified atom stereocenters. The van der Waals surface area contributed by atoms with Crippen molar-refractivity contribution in [3.8, 4) is 0 Å². The lowest BCUT2D eigenvalue weighted by molar-refractivity contribution is -0.142. The van der Waals surface area contributed by atoms with Crippen molar-refractivity contribution in [3.05, 3.63) is 47.0 Å². The highest BCUT2D eigenvalue weighted by molar-refractivity contribution is 5.93. The van der Waals surface area contributed by atoms with Crippen LogP contribution < -0.4 is 0 Å². The Balaban J connectivity index is 1.40. The molecule has 5 nitrogen and oxygen atoms in total. The minimum absolute atomic E-state index is 0.0672. The number of likely N-dealkylation sites (tertiary alicyclic amines) is 2. The maximum atomic E-state index is 13.3. The van der Waals surface area contributed by atoms with Gasteiger partial charge in [0.25, 0.3) is 0 Å². The Morgan fingerprint density at radius 3 is 2.74 bits per heavy atom. The van der Waals surface area contributed by atoms with Crippen LogP contribution >= 0.6 is 0 Å². The lowest BCUT2D eigenvalue weighted by Gasteiger charge is -2.27. The van der Waals surface area contributed by atoms with Crippen molar-refractivity contribution in [2.45, 2.75) is 44.9 Å². The summed E-state index contributed by atoms with van der Waals surface area (Å²) in [6.07, 6.45) is 5.91. The molecule has 4 atom stereocenters. The van der Waals surface area contributed by atoms with E-state index in [4.69, 9.17) is 4.74 Å². The Labute approximate surface area is 160 Å². The van der Waals surface area contributed by atoms with Crippen LogP contribution in [-0.2, 0) is 20.9 Å². The van der Waals surface area contributed by atoms with E-state index in [-0.39, 0.29) is 29.8 Å². The van der Waals surface area contributed by atoms with Crippen molar-refractivity contribution in [1.82, 2.24) is 9.80 Å². The predicted molar refractivity (Wildman–Crippen MR) is 101 cm³/mol. The van der Waals surface area contributed by atoms with Gasteiger partial charge in [0.1, 0.15) is 5.60 Å². The average Bonchev–Trinajstić information content (AvgIpc) is 3.40. The van der Waals surface area contributed by atoms with Crippen LogP contribution in [-0.4, -0.2) is 53.0 Å². The van der Waals surface area contributed by atoms with Gasteiger partial charge in [-0.15, -0.1) is 0 Å². The van der Waals surface area contributed by atoms with E-state index in [9.17, 15) is 9.59 Å². The van der Waals surface area contributed by atoms with E-state index in [0.717, 1.165) is 31.5 Å². The summed E-state index contributed by atoms with van der Waals surface area (Å²) in [4.78, 5) is 30.2. The quantitative estimate of drug-likeness (QED) is 0.771. The van der Waals surface area contributed by atoms with Crippen LogP contribution in [0.25, 0.3) is 0 Å². The highest BCUT2D eigenvalue weighted by Crippen LogP contribution is 2.52. The monoisotopic (exact) mass is 366 g/mol. The molecule has 3 fully saturated rings. The third kappa shape index (κ3) is 2.48. The third-order valence-electron chi connectivity index (χ3n) is 6.83. The van der Waals surface area contributed by atoms with Crippen LogP contribution in [0.5, 0.6) is 0 Å². The molecule has 4 heterocycles. The molecule has 0 aromatic heterocycles. The van der Waals surface area contributed by atoms with E-state index < -0.39 is 5.60 Å². The molecule has 0 saturated carbocycles. The predicted octanol–water partition coefficient (Wildman–Crippen LogP) is 2.21. The van der Waals surface area contributed by atoms with Gasteiger partial charge >= 0.3 is 0 Å². The van der Waals surface area contributed by atoms with Gasteiger partial charge in [-0.05, 0) is 43.4 Å². The molecule has 2 amide bonds. The maximum Gasteiger partial charge on any atom is 0.230 e. The Morgan fingerprint density at radius 1 is 1.22 bits per heavy atom. The number of rotatable bonds is 3. The number of carbonyl (C=O) groups is 2. The van der Waals surface area contributed by atoms with Gasteiger partial charge in [-0.3, -0.25) is 9.59 Å². The molecule has 1 spiro atoms. The number of aryl methyl sites for hydroxylation is 2. The molecular formula is C22H26N2O3. The maximum absolute atomic E-state index is 13.3. The van der Waals surface area contributed by atoms with Gasteiger partial charge in [-0.1, -0.05) is 30.4 Å². The largest absolute Gasteiger partial charge is 0.360 e. The summed E-state index contributed by atoms with van der Waals surface area (Å²) in [6, 6.07) is 6.34. The minimum atomic E-state index is -0.610. The molecule has 142 valence electrons. The van der Waals surface area contributed by atoms with Gasteiger partial charge in [-0.2, -0.15) is 0 Å². The summed E-state index contributed by atoms with van der Waals surface area (Å²) < 4.78 is 6.24. The lowest BCUT2D eigenvalue weighted by Crippen LogP contribution is -2.45. The Kier molecular flexibility index (Phi) is 3.73. The van der Waals surface area contributed by atoms with E-state index in [0.29, 0.717) is 13.1 Å². The zero-order chi connectivity index (χ0) is 18.8. The molecule has 1 aromatic rings. The Bertz CT molecular complexity index is 842. The number of fused-ring (bicyclic) bond motifs is 1. The first-order valence-electron chi connectivity index (χ1n) is 9.99. The van der Waals surface area contributed by atoms with Gasteiger partial charge < -0.3 is 14.5 Å². The first-order chi connectivity index (χ1) is 13.0. The molecule has 4 aliphatic rings. The normalized spacial score (nSPS) is 34.0. The summed E-state index contributed by atoms with van der Waals surface area (Å²) in [5, 5.41) is 0. The minimum Gasteiger partial charge on any atom is -0.360 e.